The zero-order chi connectivity index (χ0) is 22.5. The number of alkyl halides is 2. The Kier molecular flexibility index (Phi) is 4.75. The van der Waals surface area contributed by atoms with Crippen molar-refractivity contribution in [2.45, 2.75) is 44.3 Å². The fourth-order valence-electron chi connectivity index (χ4n) is 3.94. The van der Waals surface area contributed by atoms with Gasteiger partial charge < -0.3 is 13.8 Å². The van der Waals surface area contributed by atoms with Gasteiger partial charge in [-0.1, -0.05) is 17.3 Å². The van der Waals surface area contributed by atoms with Crippen LogP contribution < -0.4 is 10.3 Å². The first-order valence-electron chi connectivity index (χ1n) is 10.1. The molecule has 0 amide bonds. The minimum absolute atomic E-state index is 0.125. The molecular formula is C21H20F2N6O3. The largest absolute Gasteiger partial charge is 0.433 e. The number of halogens is 2. The van der Waals surface area contributed by atoms with Crippen molar-refractivity contribution in [3.63, 3.8) is 0 Å². The number of rotatable bonds is 6. The lowest BCUT2D eigenvalue weighted by atomic mass is 9.71. The van der Waals surface area contributed by atoms with Crippen molar-refractivity contribution in [3.8, 4) is 5.75 Å². The predicted molar refractivity (Wildman–Crippen MR) is 109 cm³/mol. The molecule has 0 spiro atoms. The van der Waals surface area contributed by atoms with Crippen LogP contribution in [0.3, 0.4) is 0 Å². The van der Waals surface area contributed by atoms with Crippen LogP contribution in [0.2, 0.25) is 0 Å². The van der Waals surface area contributed by atoms with Gasteiger partial charge in [0, 0.05) is 19.9 Å². The first-order valence-corrected chi connectivity index (χ1v) is 10.1. The minimum atomic E-state index is -3.20. The molecule has 1 aliphatic rings. The van der Waals surface area contributed by atoms with Crippen LogP contribution in [0.15, 0.2) is 46.2 Å². The van der Waals surface area contributed by atoms with E-state index in [0.29, 0.717) is 29.8 Å². The van der Waals surface area contributed by atoms with Gasteiger partial charge in [0.1, 0.15) is 18.6 Å². The summed E-state index contributed by atoms with van der Waals surface area (Å²) in [6.45, 7) is 0.834. The zero-order valence-electron chi connectivity index (χ0n) is 17.4. The van der Waals surface area contributed by atoms with Crippen LogP contribution in [0.25, 0.3) is 11.2 Å². The van der Waals surface area contributed by atoms with E-state index in [0.717, 1.165) is 18.4 Å². The van der Waals surface area contributed by atoms with Crippen LogP contribution in [0.1, 0.15) is 48.9 Å². The average Bonchev–Trinajstić information content (AvgIpc) is 3.30. The van der Waals surface area contributed by atoms with Gasteiger partial charge in [-0.3, -0.25) is 9.36 Å². The van der Waals surface area contributed by atoms with Gasteiger partial charge in [-0.2, -0.15) is 13.8 Å². The first kappa shape index (κ1) is 20.3. The second-order valence-corrected chi connectivity index (χ2v) is 8.10. The van der Waals surface area contributed by atoms with E-state index >= 15 is 0 Å². The molecule has 1 fully saturated rings. The van der Waals surface area contributed by atoms with Crippen LogP contribution >= 0.6 is 0 Å². The third-order valence-electron chi connectivity index (χ3n) is 5.64. The van der Waals surface area contributed by atoms with Gasteiger partial charge in [0.05, 0.1) is 6.33 Å². The number of hydrogen-bond donors (Lipinski definition) is 0. The van der Waals surface area contributed by atoms with Crippen molar-refractivity contribution in [3.05, 3.63) is 64.6 Å². The standard InChI is InChI=1S/C21H20F2N6O3/c1-21(22,23)31-15-5-3-12(4-6-15)13-7-14(8-13)18-26-16(32-27-18)9-29-11-25-19-17(20(29)30)28(2)10-24-19/h3-6,10-11,13-14H,7-9H2,1-2H3. The minimum Gasteiger partial charge on any atom is -0.433 e. The number of nitrogens with zero attached hydrogens (tertiary/aromatic N) is 6. The number of benzene rings is 1. The molecule has 11 heteroatoms. The summed E-state index contributed by atoms with van der Waals surface area (Å²) in [7, 11) is 1.74. The summed E-state index contributed by atoms with van der Waals surface area (Å²) >= 11 is 0. The number of hydrogen-bond acceptors (Lipinski definition) is 7. The van der Waals surface area contributed by atoms with Gasteiger partial charge in [-0.25, -0.2) is 9.97 Å². The van der Waals surface area contributed by atoms with E-state index in [1.807, 2.05) is 0 Å². The summed E-state index contributed by atoms with van der Waals surface area (Å²) in [6, 6.07) is 6.71. The number of aryl methyl sites for hydroxylation is 1. The van der Waals surface area contributed by atoms with Gasteiger partial charge in [-0.15, -0.1) is 0 Å². The fraction of sp³-hybridized carbons (Fsp3) is 0.381. The quantitative estimate of drug-likeness (QED) is 0.452. The number of aromatic nitrogens is 6. The first-order chi connectivity index (χ1) is 15.3. The summed E-state index contributed by atoms with van der Waals surface area (Å²) < 4.78 is 38.8. The number of fused-ring (bicyclic) bond motifs is 1. The highest BCUT2D eigenvalue weighted by molar-refractivity contribution is 5.68. The van der Waals surface area contributed by atoms with Crippen LogP contribution in [0.5, 0.6) is 5.75 Å². The molecule has 1 aliphatic carbocycles. The highest BCUT2D eigenvalue weighted by Gasteiger charge is 2.35. The highest BCUT2D eigenvalue weighted by Crippen LogP contribution is 2.46. The molecule has 5 rings (SSSR count). The van der Waals surface area contributed by atoms with E-state index in [1.54, 1.807) is 42.2 Å². The maximum absolute atomic E-state index is 12.9. The third-order valence-corrected chi connectivity index (χ3v) is 5.64. The predicted octanol–water partition coefficient (Wildman–Crippen LogP) is 3.21. The molecule has 0 N–H and O–H groups in total. The van der Waals surface area contributed by atoms with Gasteiger partial charge in [0.15, 0.2) is 17.0 Å². The molecular weight excluding hydrogens is 422 g/mol. The van der Waals surface area contributed by atoms with Gasteiger partial charge in [0.2, 0.25) is 5.89 Å². The van der Waals surface area contributed by atoms with Gasteiger partial charge in [-0.05, 0) is 36.5 Å². The number of ether oxygens (including phenoxy) is 1. The maximum atomic E-state index is 12.9. The summed E-state index contributed by atoms with van der Waals surface area (Å²) in [5.41, 5.74) is 1.63. The smallest absolute Gasteiger partial charge is 0.394 e. The highest BCUT2D eigenvalue weighted by atomic mass is 19.3. The molecule has 0 atom stereocenters. The SMILES string of the molecule is Cn1cnc2ncn(Cc3nc(C4CC(c5ccc(OC(C)(F)F)cc5)C4)no3)c(=O)c21. The Morgan fingerprint density at radius 2 is 1.88 bits per heavy atom. The maximum Gasteiger partial charge on any atom is 0.394 e. The molecule has 0 aliphatic heterocycles. The number of imidazole rings is 1. The lowest BCUT2D eigenvalue weighted by Crippen LogP contribution is -2.23. The van der Waals surface area contributed by atoms with Gasteiger partial charge >= 0.3 is 6.11 Å². The van der Waals surface area contributed by atoms with Crippen LogP contribution in [-0.4, -0.2) is 35.4 Å². The van der Waals surface area contributed by atoms with E-state index < -0.39 is 6.11 Å². The lowest BCUT2D eigenvalue weighted by Gasteiger charge is -2.33. The second kappa shape index (κ2) is 7.50. The van der Waals surface area contributed by atoms with E-state index in [-0.39, 0.29) is 29.7 Å². The van der Waals surface area contributed by atoms with E-state index in [1.165, 1.54) is 10.9 Å². The van der Waals surface area contributed by atoms with Crippen molar-refractivity contribution < 1.29 is 18.0 Å². The summed E-state index contributed by atoms with van der Waals surface area (Å²) in [4.78, 5) is 25.4. The Morgan fingerprint density at radius 1 is 1.16 bits per heavy atom. The lowest BCUT2D eigenvalue weighted by molar-refractivity contribution is -0.158. The molecule has 166 valence electrons. The Bertz CT molecular complexity index is 1320. The fourth-order valence-corrected chi connectivity index (χ4v) is 3.94. The summed E-state index contributed by atoms with van der Waals surface area (Å²) in [5, 5.41) is 4.07. The van der Waals surface area contributed by atoms with E-state index in [9.17, 15) is 13.6 Å². The summed E-state index contributed by atoms with van der Waals surface area (Å²) in [5.74, 6) is 1.49. The van der Waals surface area contributed by atoms with Crippen LogP contribution in [-0.2, 0) is 13.6 Å². The van der Waals surface area contributed by atoms with E-state index in [2.05, 4.69) is 24.8 Å². The molecule has 3 heterocycles. The Hall–Kier alpha value is -3.63. The molecule has 1 saturated carbocycles. The molecule has 9 nitrogen and oxygen atoms in total. The second-order valence-electron chi connectivity index (χ2n) is 8.10. The normalized spacial score (nSPS) is 18.6. The molecule has 0 unspecified atom stereocenters. The zero-order valence-corrected chi connectivity index (χ0v) is 17.4. The Morgan fingerprint density at radius 3 is 2.59 bits per heavy atom. The molecule has 0 saturated heterocycles. The van der Waals surface area contributed by atoms with Gasteiger partial charge in [0.25, 0.3) is 5.56 Å². The van der Waals surface area contributed by atoms with Crippen LogP contribution in [0.4, 0.5) is 8.78 Å². The third kappa shape index (κ3) is 3.85. The van der Waals surface area contributed by atoms with Crippen LogP contribution in [0, 0.1) is 0 Å². The molecule has 0 radical (unpaired) electrons. The van der Waals surface area contributed by atoms with E-state index in [4.69, 9.17) is 4.52 Å². The topological polar surface area (TPSA) is 101 Å². The monoisotopic (exact) mass is 442 g/mol. The molecule has 0 bridgehead atoms. The Labute approximate surface area is 180 Å². The van der Waals surface area contributed by atoms with Crippen molar-refractivity contribution in [2.75, 3.05) is 0 Å². The molecule has 4 aromatic rings. The molecule has 1 aromatic carbocycles. The van der Waals surface area contributed by atoms with Crippen molar-refractivity contribution in [1.82, 2.24) is 29.2 Å². The van der Waals surface area contributed by atoms with Crippen molar-refractivity contribution in [1.29, 1.82) is 0 Å². The average molecular weight is 442 g/mol. The molecule has 32 heavy (non-hydrogen) atoms. The van der Waals surface area contributed by atoms with Crippen molar-refractivity contribution >= 4 is 11.2 Å². The molecule has 3 aromatic heterocycles. The Balaban J connectivity index is 1.23. The van der Waals surface area contributed by atoms with Crippen molar-refractivity contribution in [2.24, 2.45) is 7.05 Å². The summed E-state index contributed by atoms with van der Waals surface area (Å²) in [6.07, 6.45) is 1.41.